The lowest BCUT2D eigenvalue weighted by atomic mass is 9.85. The standard InChI is InChI=1S/C29H41N3O2/c1-30(2)28-17-18-31(21-25(28)13-14-29(34)32-19-15-26(33)16-20-32)22-27(23-9-5-3-6-10-23)24-11-7-4-8-12-24/h3-12,25-28,33H,13-22H2,1-2H3/t25-,28+/m0/s1. The predicted molar refractivity (Wildman–Crippen MR) is 138 cm³/mol. The molecule has 0 radical (unpaired) electrons. The van der Waals surface area contributed by atoms with E-state index in [1.54, 1.807) is 0 Å². The van der Waals surface area contributed by atoms with Crippen molar-refractivity contribution in [2.45, 2.75) is 50.2 Å². The quantitative estimate of drug-likeness (QED) is 0.646. The monoisotopic (exact) mass is 463 g/mol. The summed E-state index contributed by atoms with van der Waals surface area (Å²) in [6.07, 6.45) is 3.86. The lowest BCUT2D eigenvalue weighted by molar-refractivity contribution is -0.133. The fourth-order valence-corrected chi connectivity index (χ4v) is 5.84. The molecule has 0 bridgehead atoms. The predicted octanol–water partition coefficient (Wildman–Crippen LogP) is 3.83. The van der Waals surface area contributed by atoms with Crippen molar-refractivity contribution in [3.8, 4) is 0 Å². The van der Waals surface area contributed by atoms with Gasteiger partial charge < -0.3 is 19.8 Å². The van der Waals surface area contributed by atoms with Crippen molar-refractivity contribution in [3.63, 3.8) is 0 Å². The van der Waals surface area contributed by atoms with E-state index in [1.807, 2.05) is 4.90 Å². The molecule has 0 saturated carbocycles. The first-order valence-corrected chi connectivity index (χ1v) is 13.0. The van der Waals surface area contributed by atoms with E-state index in [1.165, 1.54) is 11.1 Å². The molecule has 0 unspecified atom stereocenters. The number of carbonyl (C=O) groups is 1. The number of rotatable bonds is 8. The highest BCUT2D eigenvalue weighted by atomic mass is 16.3. The van der Waals surface area contributed by atoms with Crippen LogP contribution in [0, 0.1) is 5.92 Å². The number of carbonyl (C=O) groups excluding carboxylic acids is 1. The number of piperidine rings is 2. The van der Waals surface area contributed by atoms with Gasteiger partial charge in [-0.05, 0) is 63.4 Å². The summed E-state index contributed by atoms with van der Waals surface area (Å²) in [6.45, 7) is 4.52. The van der Waals surface area contributed by atoms with Crippen LogP contribution in [-0.2, 0) is 4.79 Å². The van der Waals surface area contributed by atoms with E-state index >= 15 is 0 Å². The summed E-state index contributed by atoms with van der Waals surface area (Å²) in [5.41, 5.74) is 2.73. The van der Waals surface area contributed by atoms with Gasteiger partial charge in [-0.2, -0.15) is 0 Å². The molecular formula is C29H41N3O2. The second-order valence-electron chi connectivity index (χ2n) is 10.4. The minimum Gasteiger partial charge on any atom is -0.393 e. The third-order valence-electron chi connectivity index (χ3n) is 7.83. The molecule has 5 nitrogen and oxygen atoms in total. The van der Waals surface area contributed by atoms with Gasteiger partial charge in [-0.25, -0.2) is 0 Å². The molecule has 0 aromatic heterocycles. The third kappa shape index (κ3) is 6.47. The summed E-state index contributed by atoms with van der Waals surface area (Å²) in [6, 6.07) is 22.2. The molecule has 2 aromatic carbocycles. The Morgan fingerprint density at radius 1 is 0.941 bits per heavy atom. The van der Waals surface area contributed by atoms with E-state index in [0.29, 0.717) is 50.2 Å². The van der Waals surface area contributed by atoms with Crippen molar-refractivity contribution >= 4 is 5.91 Å². The summed E-state index contributed by atoms with van der Waals surface area (Å²) < 4.78 is 0. The molecule has 4 rings (SSSR count). The molecule has 2 saturated heterocycles. The average Bonchev–Trinajstić information content (AvgIpc) is 2.87. The average molecular weight is 464 g/mol. The third-order valence-corrected chi connectivity index (χ3v) is 7.83. The minimum atomic E-state index is -0.240. The van der Waals surface area contributed by atoms with E-state index in [2.05, 4.69) is 84.6 Å². The Labute approximate surface area is 205 Å². The molecule has 184 valence electrons. The van der Waals surface area contributed by atoms with Crippen LogP contribution in [0.3, 0.4) is 0 Å². The minimum absolute atomic E-state index is 0.240. The molecule has 2 aliphatic heterocycles. The summed E-state index contributed by atoms with van der Waals surface area (Å²) in [7, 11) is 4.36. The Bertz CT molecular complexity index is 841. The van der Waals surface area contributed by atoms with Crippen molar-refractivity contribution in [2.24, 2.45) is 5.92 Å². The molecular weight excluding hydrogens is 422 g/mol. The van der Waals surface area contributed by atoms with Crippen LogP contribution < -0.4 is 0 Å². The number of amides is 1. The van der Waals surface area contributed by atoms with Gasteiger partial charge in [0.2, 0.25) is 5.91 Å². The van der Waals surface area contributed by atoms with Crippen LogP contribution in [0.5, 0.6) is 0 Å². The van der Waals surface area contributed by atoms with Crippen LogP contribution in [-0.4, -0.2) is 84.7 Å². The summed E-state index contributed by atoms with van der Waals surface area (Å²) in [5.74, 6) is 1.09. The van der Waals surface area contributed by atoms with Gasteiger partial charge in [-0.1, -0.05) is 60.7 Å². The van der Waals surface area contributed by atoms with Crippen molar-refractivity contribution < 1.29 is 9.90 Å². The lowest BCUT2D eigenvalue weighted by Crippen LogP contribution is -2.50. The number of likely N-dealkylation sites (tertiary alicyclic amines) is 2. The molecule has 2 atom stereocenters. The normalized spacial score (nSPS) is 22.4. The van der Waals surface area contributed by atoms with Gasteiger partial charge in [0.1, 0.15) is 0 Å². The Morgan fingerprint density at radius 3 is 2.09 bits per heavy atom. The lowest BCUT2D eigenvalue weighted by Gasteiger charge is -2.43. The summed E-state index contributed by atoms with van der Waals surface area (Å²) >= 11 is 0. The van der Waals surface area contributed by atoms with Crippen LogP contribution in [0.1, 0.15) is 49.1 Å². The van der Waals surface area contributed by atoms with Gasteiger partial charge in [0.15, 0.2) is 0 Å². The van der Waals surface area contributed by atoms with E-state index in [0.717, 1.165) is 32.5 Å². The molecule has 34 heavy (non-hydrogen) atoms. The maximum atomic E-state index is 12.9. The molecule has 1 N–H and O–H groups in total. The molecule has 1 amide bonds. The maximum Gasteiger partial charge on any atom is 0.222 e. The zero-order valence-electron chi connectivity index (χ0n) is 20.9. The molecule has 0 aliphatic carbocycles. The van der Waals surface area contributed by atoms with E-state index in [9.17, 15) is 9.90 Å². The van der Waals surface area contributed by atoms with Crippen LogP contribution >= 0.6 is 0 Å². The zero-order valence-corrected chi connectivity index (χ0v) is 20.9. The number of hydrogen-bond donors (Lipinski definition) is 1. The van der Waals surface area contributed by atoms with Crippen molar-refractivity contribution in [1.29, 1.82) is 0 Å². The number of aliphatic hydroxyl groups excluding tert-OH is 1. The molecule has 2 aliphatic rings. The highest BCUT2D eigenvalue weighted by Crippen LogP contribution is 2.30. The van der Waals surface area contributed by atoms with Crippen LogP contribution in [0.4, 0.5) is 0 Å². The van der Waals surface area contributed by atoms with Crippen molar-refractivity contribution in [1.82, 2.24) is 14.7 Å². The van der Waals surface area contributed by atoms with Crippen LogP contribution in [0.25, 0.3) is 0 Å². The fourth-order valence-electron chi connectivity index (χ4n) is 5.84. The van der Waals surface area contributed by atoms with Crippen molar-refractivity contribution in [3.05, 3.63) is 71.8 Å². The highest BCUT2D eigenvalue weighted by molar-refractivity contribution is 5.76. The van der Waals surface area contributed by atoms with E-state index < -0.39 is 0 Å². The number of benzene rings is 2. The van der Waals surface area contributed by atoms with E-state index in [4.69, 9.17) is 0 Å². The van der Waals surface area contributed by atoms with E-state index in [-0.39, 0.29) is 12.0 Å². The Balaban J connectivity index is 1.42. The van der Waals surface area contributed by atoms with Gasteiger partial charge in [0, 0.05) is 44.6 Å². The summed E-state index contributed by atoms with van der Waals surface area (Å²) in [4.78, 5) is 19.8. The molecule has 5 heteroatoms. The van der Waals surface area contributed by atoms with Gasteiger partial charge in [-0.3, -0.25) is 4.79 Å². The zero-order chi connectivity index (χ0) is 23.9. The molecule has 2 aromatic rings. The molecule has 2 fully saturated rings. The topological polar surface area (TPSA) is 47.0 Å². The fraction of sp³-hybridized carbons (Fsp3) is 0.552. The largest absolute Gasteiger partial charge is 0.393 e. The SMILES string of the molecule is CN(C)[C@@H]1CCN(CC(c2ccccc2)c2ccccc2)C[C@@H]1CCC(=O)N1CCC(O)CC1. The second-order valence-corrected chi connectivity index (χ2v) is 10.4. The number of aliphatic hydroxyl groups is 1. The second kappa shape index (κ2) is 12.0. The Kier molecular flexibility index (Phi) is 8.76. The first kappa shape index (κ1) is 24.9. The Morgan fingerprint density at radius 2 is 1.53 bits per heavy atom. The van der Waals surface area contributed by atoms with Gasteiger partial charge in [0.25, 0.3) is 0 Å². The number of hydrogen-bond acceptors (Lipinski definition) is 4. The van der Waals surface area contributed by atoms with Crippen molar-refractivity contribution in [2.75, 3.05) is 46.8 Å². The smallest absolute Gasteiger partial charge is 0.222 e. The first-order chi connectivity index (χ1) is 16.5. The van der Waals surface area contributed by atoms with Crippen LogP contribution in [0.15, 0.2) is 60.7 Å². The number of nitrogens with zero attached hydrogens (tertiary/aromatic N) is 3. The maximum absolute atomic E-state index is 12.9. The first-order valence-electron chi connectivity index (χ1n) is 13.0. The molecule has 2 heterocycles. The molecule has 0 spiro atoms. The van der Waals surface area contributed by atoms with Gasteiger partial charge >= 0.3 is 0 Å². The highest BCUT2D eigenvalue weighted by Gasteiger charge is 2.33. The Hall–Kier alpha value is -2.21. The van der Waals surface area contributed by atoms with Crippen LogP contribution in [0.2, 0.25) is 0 Å². The van der Waals surface area contributed by atoms with Gasteiger partial charge in [0.05, 0.1) is 6.10 Å². The summed E-state index contributed by atoms with van der Waals surface area (Å²) in [5, 5.41) is 9.76. The van der Waals surface area contributed by atoms with Gasteiger partial charge in [-0.15, -0.1) is 0 Å².